The third kappa shape index (κ3) is 5.03. The molecule has 0 unspecified atom stereocenters. The number of rotatable bonds is 5. The van der Waals surface area contributed by atoms with E-state index in [9.17, 15) is 9.59 Å². The van der Waals surface area contributed by atoms with Crippen LogP contribution in [0.2, 0.25) is 5.02 Å². The van der Waals surface area contributed by atoms with Crippen molar-refractivity contribution in [2.45, 2.75) is 0 Å². The van der Waals surface area contributed by atoms with Crippen molar-refractivity contribution in [2.75, 3.05) is 10.6 Å². The molecule has 3 aromatic heterocycles. The maximum Gasteiger partial charge on any atom is 0.259 e. The number of anilines is 2. The van der Waals surface area contributed by atoms with Crippen LogP contribution in [0.15, 0.2) is 73.3 Å². The van der Waals surface area contributed by atoms with Gasteiger partial charge in [0.1, 0.15) is 0 Å². The number of pyridine rings is 2. The molecule has 9 nitrogen and oxygen atoms in total. The average molecular weight is 432 g/mol. The molecule has 0 aliphatic carbocycles. The van der Waals surface area contributed by atoms with E-state index in [1.54, 1.807) is 60.9 Å². The monoisotopic (exact) mass is 431 g/mol. The van der Waals surface area contributed by atoms with Crippen molar-refractivity contribution in [3.8, 4) is 11.4 Å². The average Bonchev–Trinajstić information content (AvgIpc) is 2.80. The van der Waals surface area contributed by atoms with Crippen LogP contribution in [0.1, 0.15) is 20.7 Å². The third-order valence-electron chi connectivity index (χ3n) is 4.02. The van der Waals surface area contributed by atoms with Crippen LogP contribution in [0.5, 0.6) is 0 Å². The molecule has 2 N–H and O–H groups in total. The maximum atomic E-state index is 12.5. The van der Waals surface area contributed by atoms with E-state index in [4.69, 9.17) is 11.6 Å². The fourth-order valence-corrected chi connectivity index (χ4v) is 2.78. The summed E-state index contributed by atoms with van der Waals surface area (Å²) in [5, 5.41) is 5.68. The summed E-state index contributed by atoms with van der Waals surface area (Å²) in [5.41, 5.74) is 1.24. The van der Waals surface area contributed by atoms with E-state index in [-0.39, 0.29) is 17.7 Å². The highest BCUT2D eigenvalue weighted by Gasteiger charge is 2.15. The number of hydrogen-bond acceptors (Lipinski definition) is 7. The third-order valence-corrected chi connectivity index (χ3v) is 4.25. The van der Waals surface area contributed by atoms with Gasteiger partial charge >= 0.3 is 0 Å². The van der Waals surface area contributed by atoms with Gasteiger partial charge in [-0.25, -0.2) is 0 Å². The zero-order chi connectivity index (χ0) is 21.6. The first-order valence-electron chi connectivity index (χ1n) is 9.03. The lowest BCUT2D eigenvalue weighted by Crippen LogP contribution is -2.19. The van der Waals surface area contributed by atoms with Crippen molar-refractivity contribution >= 4 is 35.3 Å². The Bertz CT molecular complexity index is 1170. The Kier molecular flexibility index (Phi) is 5.86. The Morgan fingerprint density at radius 1 is 0.742 bits per heavy atom. The summed E-state index contributed by atoms with van der Waals surface area (Å²) >= 11 is 6.08. The molecule has 3 heterocycles. The molecule has 0 aliphatic heterocycles. The molecule has 0 radical (unpaired) electrons. The Morgan fingerprint density at radius 2 is 1.32 bits per heavy atom. The van der Waals surface area contributed by atoms with Crippen molar-refractivity contribution in [3.05, 3.63) is 89.5 Å². The molecule has 2 amide bonds. The molecular weight excluding hydrogens is 418 g/mol. The summed E-state index contributed by atoms with van der Waals surface area (Å²) in [7, 11) is 0. The first-order valence-corrected chi connectivity index (χ1v) is 9.41. The number of nitrogens with zero attached hydrogens (tertiary/aromatic N) is 5. The number of benzene rings is 1. The molecule has 4 rings (SSSR count). The fourth-order valence-electron chi connectivity index (χ4n) is 2.59. The number of amides is 2. The Morgan fingerprint density at radius 3 is 1.81 bits per heavy atom. The summed E-state index contributed by atoms with van der Waals surface area (Å²) in [4.78, 5) is 45.6. The van der Waals surface area contributed by atoms with Gasteiger partial charge in [0.2, 0.25) is 11.9 Å². The molecule has 152 valence electrons. The molecule has 0 aliphatic rings. The smallest absolute Gasteiger partial charge is 0.259 e. The van der Waals surface area contributed by atoms with Crippen LogP contribution in [0.25, 0.3) is 11.4 Å². The van der Waals surface area contributed by atoms with Crippen LogP contribution in [0.3, 0.4) is 0 Å². The first-order chi connectivity index (χ1) is 15.1. The molecule has 0 bridgehead atoms. The van der Waals surface area contributed by atoms with Crippen LogP contribution in [-0.4, -0.2) is 36.7 Å². The van der Waals surface area contributed by atoms with E-state index in [1.165, 1.54) is 12.4 Å². The van der Waals surface area contributed by atoms with Crippen LogP contribution in [0, 0.1) is 0 Å². The number of carbonyl (C=O) groups excluding carboxylic acids is 2. The van der Waals surface area contributed by atoms with E-state index >= 15 is 0 Å². The van der Waals surface area contributed by atoms with Gasteiger partial charge in [0, 0.05) is 35.4 Å². The van der Waals surface area contributed by atoms with Crippen LogP contribution < -0.4 is 10.6 Å². The summed E-state index contributed by atoms with van der Waals surface area (Å²) in [6, 6.07) is 13.3. The highest BCUT2D eigenvalue weighted by Crippen LogP contribution is 2.22. The molecule has 1 aromatic carbocycles. The highest BCUT2D eigenvalue weighted by molar-refractivity contribution is 6.30. The van der Waals surface area contributed by atoms with Gasteiger partial charge in [-0.2, -0.15) is 15.0 Å². The van der Waals surface area contributed by atoms with Gasteiger partial charge in [0.15, 0.2) is 5.82 Å². The Labute approximate surface area is 181 Å². The molecule has 4 aromatic rings. The van der Waals surface area contributed by atoms with Crippen LogP contribution in [0.4, 0.5) is 11.9 Å². The van der Waals surface area contributed by atoms with Gasteiger partial charge in [0.25, 0.3) is 11.8 Å². The van der Waals surface area contributed by atoms with Gasteiger partial charge in [-0.1, -0.05) is 23.7 Å². The lowest BCUT2D eigenvalue weighted by Gasteiger charge is -2.09. The second-order valence-electron chi connectivity index (χ2n) is 6.21. The molecule has 0 fully saturated rings. The fraction of sp³-hybridized carbons (Fsp3) is 0. The summed E-state index contributed by atoms with van der Waals surface area (Å²) in [6.07, 6.45) is 5.95. The molecular formula is C21H14ClN7O2. The van der Waals surface area contributed by atoms with Gasteiger partial charge < -0.3 is 0 Å². The van der Waals surface area contributed by atoms with Crippen molar-refractivity contribution in [1.82, 2.24) is 24.9 Å². The van der Waals surface area contributed by atoms with Crippen molar-refractivity contribution in [3.63, 3.8) is 0 Å². The number of nitrogens with one attached hydrogen (secondary N) is 2. The molecule has 0 saturated heterocycles. The lowest BCUT2D eigenvalue weighted by atomic mass is 10.2. The van der Waals surface area contributed by atoms with Crippen LogP contribution in [-0.2, 0) is 0 Å². The SMILES string of the molecule is O=C(Nc1nc(NC(=O)c2cccnc2)nc(-c2cccc(Cl)c2)n1)c1cccnc1. The van der Waals surface area contributed by atoms with Gasteiger partial charge in [-0.3, -0.25) is 30.2 Å². The first kappa shape index (κ1) is 20.0. The van der Waals surface area contributed by atoms with Crippen molar-refractivity contribution < 1.29 is 9.59 Å². The van der Waals surface area contributed by atoms with Gasteiger partial charge in [-0.15, -0.1) is 0 Å². The van der Waals surface area contributed by atoms with Crippen LogP contribution >= 0.6 is 11.6 Å². The topological polar surface area (TPSA) is 123 Å². The predicted octanol–water partition coefficient (Wildman–Crippen LogP) is 3.49. The van der Waals surface area contributed by atoms with E-state index in [0.29, 0.717) is 21.7 Å². The zero-order valence-electron chi connectivity index (χ0n) is 15.9. The molecule has 0 spiro atoms. The lowest BCUT2D eigenvalue weighted by molar-refractivity contribution is 0.101. The van der Waals surface area contributed by atoms with E-state index in [1.807, 2.05) is 0 Å². The van der Waals surface area contributed by atoms with E-state index in [2.05, 4.69) is 35.6 Å². The minimum Gasteiger partial charge on any atom is -0.290 e. The Hall–Kier alpha value is -4.24. The predicted molar refractivity (Wildman–Crippen MR) is 115 cm³/mol. The quantitative estimate of drug-likeness (QED) is 0.495. The largest absolute Gasteiger partial charge is 0.290 e. The standard InChI is InChI=1S/C21H14ClN7O2/c22-16-7-1-4-13(10-16)17-25-20(27-18(30)14-5-2-8-23-11-14)29-21(26-17)28-19(31)15-6-3-9-24-12-15/h1-12H,(H2,25,26,27,28,29,30,31). The second-order valence-corrected chi connectivity index (χ2v) is 6.64. The summed E-state index contributed by atoms with van der Waals surface area (Å²) < 4.78 is 0. The molecule has 31 heavy (non-hydrogen) atoms. The van der Waals surface area contributed by atoms with Crippen molar-refractivity contribution in [2.24, 2.45) is 0 Å². The molecule has 0 saturated carbocycles. The maximum absolute atomic E-state index is 12.5. The number of hydrogen-bond donors (Lipinski definition) is 2. The number of aromatic nitrogens is 5. The van der Waals surface area contributed by atoms with E-state index < -0.39 is 11.8 Å². The number of halogens is 1. The molecule has 10 heteroatoms. The zero-order valence-corrected chi connectivity index (χ0v) is 16.6. The van der Waals surface area contributed by atoms with Crippen molar-refractivity contribution in [1.29, 1.82) is 0 Å². The normalized spacial score (nSPS) is 10.4. The Balaban J connectivity index is 1.68. The second kappa shape index (κ2) is 9.06. The summed E-state index contributed by atoms with van der Waals surface area (Å²) in [6.45, 7) is 0. The van der Waals surface area contributed by atoms with E-state index in [0.717, 1.165) is 0 Å². The summed E-state index contributed by atoms with van der Waals surface area (Å²) in [5.74, 6) is -0.775. The van der Waals surface area contributed by atoms with Gasteiger partial charge in [-0.05, 0) is 36.4 Å². The number of carbonyl (C=O) groups is 2. The minimum atomic E-state index is -0.458. The minimum absolute atomic E-state index is 0.0414. The molecule has 0 atom stereocenters. The highest BCUT2D eigenvalue weighted by atomic mass is 35.5. The van der Waals surface area contributed by atoms with Gasteiger partial charge in [0.05, 0.1) is 11.1 Å².